The van der Waals surface area contributed by atoms with Gasteiger partial charge in [-0.1, -0.05) is 0 Å². The van der Waals surface area contributed by atoms with Gasteiger partial charge in [-0.2, -0.15) is 0 Å². The van der Waals surface area contributed by atoms with E-state index in [0.29, 0.717) is 31.7 Å². The van der Waals surface area contributed by atoms with Gasteiger partial charge in [0.2, 0.25) is 5.09 Å². The average Bonchev–Trinajstić information content (AvgIpc) is 3.32. The Balaban J connectivity index is 1.55. The van der Waals surface area contributed by atoms with Gasteiger partial charge in [0.15, 0.2) is 11.5 Å². The van der Waals surface area contributed by atoms with E-state index in [9.17, 15) is 18.0 Å². The molecule has 1 aliphatic heterocycles. The number of furan rings is 2. The molecule has 0 bridgehead atoms. The van der Waals surface area contributed by atoms with Gasteiger partial charge in [-0.15, -0.1) is 0 Å². The van der Waals surface area contributed by atoms with E-state index in [-0.39, 0.29) is 22.8 Å². The minimum atomic E-state index is -3.85. The molecule has 0 saturated carbocycles. The van der Waals surface area contributed by atoms with Gasteiger partial charge in [-0.3, -0.25) is 9.59 Å². The van der Waals surface area contributed by atoms with Gasteiger partial charge in [0.05, 0.1) is 6.26 Å². The minimum Gasteiger partial charge on any atom is -0.459 e. The van der Waals surface area contributed by atoms with Crippen LogP contribution in [0, 0.1) is 0 Å². The quantitative estimate of drug-likeness (QED) is 0.758. The van der Waals surface area contributed by atoms with Crippen molar-refractivity contribution in [2.45, 2.75) is 50.3 Å². The molecule has 29 heavy (non-hydrogen) atoms. The van der Waals surface area contributed by atoms with Crippen LogP contribution >= 0.6 is 0 Å². The zero-order valence-corrected chi connectivity index (χ0v) is 17.4. The van der Waals surface area contributed by atoms with Gasteiger partial charge in [0.25, 0.3) is 21.8 Å². The molecule has 3 rings (SSSR count). The Morgan fingerprint density at radius 1 is 1.10 bits per heavy atom. The van der Waals surface area contributed by atoms with Crippen LogP contribution in [0.15, 0.2) is 44.5 Å². The standard InChI is InChI=1S/C19H25N3O6S/c1-19(2,3)21-29(25,26)16-7-6-14(28-16)17(23)20-13-8-10-22(11-9-13)18(24)15-5-4-12-27-15/h4-7,12-13,21H,8-11H2,1-3H3,(H,20,23). The molecule has 1 aliphatic rings. The Morgan fingerprint density at radius 2 is 1.79 bits per heavy atom. The topological polar surface area (TPSA) is 122 Å². The maximum atomic E-state index is 12.4. The van der Waals surface area contributed by atoms with Crippen molar-refractivity contribution in [3.63, 3.8) is 0 Å². The number of hydrogen-bond acceptors (Lipinski definition) is 6. The SMILES string of the molecule is CC(C)(C)NS(=O)(=O)c1ccc(C(=O)NC2CCN(C(=O)c3ccco3)CC2)o1. The van der Waals surface area contributed by atoms with E-state index in [2.05, 4.69) is 10.0 Å². The average molecular weight is 423 g/mol. The highest BCUT2D eigenvalue weighted by Gasteiger charge is 2.29. The van der Waals surface area contributed by atoms with Crippen LogP contribution in [0.2, 0.25) is 0 Å². The number of nitrogens with one attached hydrogen (secondary N) is 2. The second-order valence-electron chi connectivity index (χ2n) is 7.99. The van der Waals surface area contributed by atoms with Crippen LogP contribution in [0.25, 0.3) is 0 Å². The van der Waals surface area contributed by atoms with Crippen molar-refractivity contribution >= 4 is 21.8 Å². The number of amides is 2. The van der Waals surface area contributed by atoms with Crippen LogP contribution in [0.4, 0.5) is 0 Å². The van der Waals surface area contributed by atoms with Crippen LogP contribution in [0.1, 0.15) is 54.7 Å². The Hall–Kier alpha value is -2.59. The minimum absolute atomic E-state index is 0.0756. The molecule has 158 valence electrons. The van der Waals surface area contributed by atoms with Crippen LogP contribution in [-0.2, 0) is 10.0 Å². The first-order chi connectivity index (χ1) is 13.5. The molecule has 0 atom stereocenters. The van der Waals surface area contributed by atoms with E-state index >= 15 is 0 Å². The zero-order valence-electron chi connectivity index (χ0n) is 16.6. The van der Waals surface area contributed by atoms with Crippen molar-refractivity contribution in [2.75, 3.05) is 13.1 Å². The molecule has 2 aromatic heterocycles. The Kier molecular flexibility index (Phi) is 5.85. The van der Waals surface area contributed by atoms with Gasteiger partial charge in [-0.05, 0) is 57.9 Å². The predicted octanol–water partition coefficient (Wildman–Crippen LogP) is 1.98. The first-order valence-electron chi connectivity index (χ1n) is 9.33. The summed E-state index contributed by atoms with van der Waals surface area (Å²) in [7, 11) is -3.85. The van der Waals surface area contributed by atoms with Crippen molar-refractivity contribution in [3.8, 4) is 0 Å². The van der Waals surface area contributed by atoms with Crippen molar-refractivity contribution in [3.05, 3.63) is 42.0 Å². The molecule has 1 saturated heterocycles. The van der Waals surface area contributed by atoms with E-state index < -0.39 is 21.5 Å². The number of piperidine rings is 1. The molecule has 3 heterocycles. The highest BCUT2D eigenvalue weighted by molar-refractivity contribution is 7.89. The predicted molar refractivity (Wildman–Crippen MR) is 104 cm³/mol. The molecule has 0 aromatic carbocycles. The largest absolute Gasteiger partial charge is 0.459 e. The van der Waals surface area contributed by atoms with Crippen molar-refractivity contribution in [1.82, 2.24) is 14.9 Å². The number of carbonyl (C=O) groups is 2. The Labute approximate surface area is 169 Å². The molecular formula is C19H25N3O6S. The fourth-order valence-electron chi connectivity index (χ4n) is 3.08. The highest BCUT2D eigenvalue weighted by atomic mass is 32.2. The highest BCUT2D eigenvalue weighted by Crippen LogP contribution is 2.18. The monoisotopic (exact) mass is 423 g/mol. The number of likely N-dealkylation sites (tertiary alicyclic amines) is 1. The zero-order chi connectivity index (χ0) is 21.2. The second-order valence-corrected chi connectivity index (χ2v) is 9.60. The molecule has 10 heteroatoms. The van der Waals surface area contributed by atoms with E-state index in [1.807, 2.05) is 0 Å². The van der Waals surface area contributed by atoms with Gasteiger partial charge in [0.1, 0.15) is 0 Å². The number of nitrogens with zero attached hydrogens (tertiary/aromatic N) is 1. The lowest BCUT2D eigenvalue weighted by Crippen LogP contribution is -2.46. The van der Waals surface area contributed by atoms with Crippen LogP contribution < -0.4 is 10.0 Å². The fourth-order valence-corrected chi connectivity index (χ4v) is 4.43. The maximum Gasteiger partial charge on any atom is 0.289 e. The molecule has 0 spiro atoms. The first-order valence-corrected chi connectivity index (χ1v) is 10.8. The van der Waals surface area contributed by atoms with Gasteiger partial charge >= 0.3 is 0 Å². The lowest BCUT2D eigenvalue weighted by atomic mass is 10.0. The summed E-state index contributed by atoms with van der Waals surface area (Å²) in [5.41, 5.74) is -0.672. The summed E-state index contributed by atoms with van der Waals surface area (Å²) in [5, 5.41) is 2.52. The number of sulfonamides is 1. The summed E-state index contributed by atoms with van der Waals surface area (Å²) in [5.74, 6) is -0.445. The summed E-state index contributed by atoms with van der Waals surface area (Å²) in [6, 6.07) is 5.74. The smallest absolute Gasteiger partial charge is 0.289 e. The summed E-state index contributed by atoms with van der Waals surface area (Å²) in [4.78, 5) is 26.4. The number of hydrogen-bond donors (Lipinski definition) is 2. The van der Waals surface area contributed by atoms with E-state index in [0.717, 1.165) is 0 Å². The molecule has 2 aromatic rings. The first kappa shape index (κ1) is 21.1. The fraction of sp³-hybridized carbons (Fsp3) is 0.474. The number of carbonyl (C=O) groups excluding carboxylic acids is 2. The van der Waals surface area contributed by atoms with Crippen molar-refractivity contribution < 1.29 is 26.8 Å². The van der Waals surface area contributed by atoms with E-state index in [4.69, 9.17) is 8.83 Å². The van der Waals surface area contributed by atoms with E-state index in [1.165, 1.54) is 18.4 Å². The van der Waals surface area contributed by atoms with Gasteiger partial charge in [-0.25, -0.2) is 13.1 Å². The van der Waals surface area contributed by atoms with Gasteiger partial charge < -0.3 is 19.1 Å². The van der Waals surface area contributed by atoms with Crippen molar-refractivity contribution in [1.29, 1.82) is 0 Å². The summed E-state index contributed by atoms with van der Waals surface area (Å²) in [6.45, 7) is 6.11. The lowest BCUT2D eigenvalue weighted by Gasteiger charge is -2.31. The molecule has 9 nitrogen and oxygen atoms in total. The third kappa shape index (κ3) is 5.27. The molecule has 1 fully saturated rings. The van der Waals surface area contributed by atoms with Crippen LogP contribution in [-0.4, -0.2) is 49.8 Å². The van der Waals surface area contributed by atoms with Crippen molar-refractivity contribution in [2.24, 2.45) is 0 Å². The maximum absolute atomic E-state index is 12.4. The van der Waals surface area contributed by atoms with Gasteiger partial charge in [0, 0.05) is 24.7 Å². The molecule has 0 unspecified atom stereocenters. The third-order valence-corrected chi connectivity index (χ3v) is 5.99. The normalized spacial score (nSPS) is 16.0. The summed E-state index contributed by atoms with van der Waals surface area (Å²) < 4.78 is 37.4. The molecule has 0 radical (unpaired) electrons. The molecular weight excluding hydrogens is 398 g/mol. The number of rotatable bonds is 5. The molecule has 0 aliphatic carbocycles. The Morgan fingerprint density at radius 3 is 2.38 bits per heavy atom. The van der Waals surface area contributed by atoms with Crippen LogP contribution in [0.3, 0.4) is 0 Å². The summed E-state index contributed by atoms with van der Waals surface area (Å²) >= 11 is 0. The van der Waals surface area contributed by atoms with E-state index in [1.54, 1.807) is 37.8 Å². The summed E-state index contributed by atoms with van der Waals surface area (Å²) in [6.07, 6.45) is 2.61. The lowest BCUT2D eigenvalue weighted by molar-refractivity contribution is 0.0665. The Bertz CT molecular complexity index is 964. The van der Waals surface area contributed by atoms with Crippen LogP contribution in [0.5, 0.6) is 0 Å². The molecule has 2 amide bonds. The third-order valence-electron chi connectivity index (χ3n) is 4.36. The second kappa shape index (κ2) is 8.03. The molecule has 2 N–H and O–H groups in total.